The van der Waals surface area contributed by atoms with E-state index in [-0.39, 0.29) is 0 Å². The minimum atomic E-state index is -4.67. The molecule has 10 heavy (non-hydrogen) atoms. The molecule has 58 valence electrons. The van der Waals surface area contributed by atoms with Crippen molar-refractivity contribution in [3.63, 3.8) is 0 Å². The fraction of sp³-hybridized carbons (Fsp3) is 0.400. The summed E-state index contributed by atoms with van der Waals surface area (Å²) in [5, 5.41) is 0. The normalized spacial score (nSPS) is 14.5. The number of alkyl halides is 3. The van der Waals surface area contributed by atoms with Gasteiger partial charge in [0.1, 0.15) is 0 Å². The number of hydrogen-bond donors (Lipinski definition) is 0. The molecular weight excluding hydrogens is 149 g/mol. The first-order chi connectivity index (χ1) is 5.74. The van der Waals surface area contributed by atoms with Crippen molar-refractivity contribution in [2.24, 2.45) is 0 Å². The maximum absolute atomic E-state index is 11.4. The van der Waals surface area contributed by atoms with Gasteiger partial charge in [0.25, 0.3) is 0 Å². The minimum absolute atomic E-state index is 1.19. The molecule has 0 spiro atoms. The second-order valence-corrected chi connectivity index (χ2v) is 1.32. The molecule has 0 aliphatic carbocycles. The highest BCUT2D eigenvalue weighted by atomic mass is 19.4. The number of carbonyl (C=O) groups excluding carboxylic acids is 1. The zero-order valence-corrected chi connectivity index (χ0v) is 4.66. The molecule has 0 rings (SSSR count). The molecule has 0 saturated carbocycles. The van der Waals surface area contributed by atoms with Gasteiger partial charge in [0.05, 0.1) is 4.11 Å². The lowest BCUT2D eigenvalue weighted by Crippen LogP contribution is -2.19. The molecule has 0 unspecified atom stereocenters. The highest BCUT2D eigenvalue weighted by Gasteiger charge is 2.28. The third-order valence-electron chi connectivity index (χ3n) is 0.469. The number of rotatable bonds is 2. The van der Waals surface area contributed by atoms with Gasteiger partial charge in [-0.2, -0.15) is 13.2 Å². The monoisotopic (exact) mass is 157 g/mol. The van der Waals surface area contributed by atoms with E-state index in [1.807, 2.05) is 0 Å². The van der Waals surface area contributed by atoms with Gasteiger partial charge in [0, 0.05) is 6.05 Å². The van der Waals surface area contributed by atoms with Crippen molar-refractivity contribution < 1.29 is 26.8 Å². The van der Waals surface area contributed by atoms with Gasteiger partial charge in [-0.05, 0) is 0 Å². The van der Waals surface area contributed by atoms with E-state index in [2.05, 4.69) is 4.74 Å². The highest BCUT2D eigenvalue weighted by Crippen LogP contribution is 2.14. The van der Waals surface area contributed by atoms with Crippen LogP contribution in [0.2, 0.25) is 0 Å². The summed E-state index contributed by atoms with van der Waals surface area (Å²) in [7, 11) is 0. The highest BCUT2D eigenvalue weighted by molar-refractivity contribution is 5.81. The van der Waals surface area contributed by atoms with Crippen LogP contribution >= 0.6 is 0 Å². The van der Waals surface area contributed by atoms with Crippen LogP contribution in [-0.4, -0.2) is 18.8 Å². The fourth-order valence-corrected chi connectivity index (χ4v) is 0.183. The molecule has 0 bridgehead atoms. The van der Waals surface area contributed by atoms with E-state index < -0.39 is 31.3 Å². The van der Waals surface area contributed by atoms with Crippen LogP contribution in [0, 0.1) is 0 Å². The Labute approximate surface area is 59.5 Å². The Morgan fingerprint density at radius 2 is 2.50 bits per heavy atom. The Hall–Kier alpha value is -1.00. The Balaban J connectivity index is 4.12. The molecule has 0 aromatic carbocycles. The molecule has 0 aliphatic heterocycles. The molecule has 0 N–H and O–H groups in total. The average molecular weight is 157 g/mol. The second kappa shape index (κ2) is 3.24. The van der Waals surface area contributed by atoms with E-state index in [0.717, 1.165) is 0 Å². The van der Waals surface area contributed by atoms with Gasteiger partial charge >= 0.3 is 12.1 Å². The molecule has 0 saturated heterocycles. The second-order valence-electron chi connectivity index (χ2n) is 1.32. The van der Waals surface area contributed by atoms with Crippen LogP contribution < -0.4 is 0 Å². The van der Waals surface area contributed by atoms with Crippen LogP contribution in [0.4, 0.5) is 13.2 Å². The van der Waals surface area contributed by atoms with Crippen LogP contribution in [0.1, 0.15) is 4.11 Å². The summed E-state index contributed by atoms with van der Waals surface area (Å²) in [5.74, 6) is -1.63. The molecule has 0 aliphatic rings. The molecule has 0 amide bonds. The van der Waals surface area contributed by atoms with Gasteiger partial charge < -0.3 is 4.74 Å². The van der Waals surface area contributed by atoms with E-state index in [4.69, 9.17) is 4.11 Å². The third kappa shape index (κ3) is 5.14. The predicted octanol–water partition coefficient (Wildman–Crippen LogP) is 1.28. The van der Waals surface area contributed by atoms with E-state index in [1.165, 1.54) is 0 Å². The standard InChI is InChI=1S/C5H5F3O2/c1-2-4(9)10-3-5(6,7)8/h2H,1,3H2/i1D2,2D. The van der Waals surface area contributed by atoms with E-state index in [0.29, 0.717) is 0 Å². The van der Waals surface area contributed by atoms with Gasteiger partial charge in [-0.25, -0.2) is 4.79 Å². The van der Waals surface area contributed by atoms with Crippen LogP contribution in [0.25, 0.3) is 0 Å². The Kier molecular flexibility index (Phi) is 1.54. The molecule has 0 aromatic rings. The average Bonchev–Trinajstić information content (AvgIpc) is 1.97. The summed E-state index contributed by atoms with van der Waals surface area (Å²) in [5.41, 5.74) is 0. The smallest absolute Gasteiger partial charge is 0.422 e. The van der Waals surface area contributed by atoms with Crippen molar-refractivity contribution in [1.29, 1.82) is 0 Å². The minimum Gasteiger partial charge on any atom is -0.453 e. The maximum Gasteiger partial charge on any atom is 0.422 e. The quantitative estimate of drug-likeness (QED) is 0.445. The van der Waals surface area contributed by atoms with Crippen molar-refractivity contribution in [2.75, 3.05) is 6.61 Å². The van der Waals surface area contributed by atoms with E-state index in [1.54, 1.807) is 0 Å². The zero-order valence-electron chi connectivity index (χ0n) is 7.66. The lowest BCUT2D eigenvalue weighted by molar-refractivity contribution is -0.182. The summed E-state index contributed by atoms with van der Waals surface area (Å²) in [6, 6.07) is -1.20. The first-order valence-electron chi connectivity index (χ1n) is 3.62. The molecule has 0 fully saturated rings. The Morgan fingerprint density at radius 3 is 2.90 bits per heavy atom. The Bertz CT molecular complexity index is 232. The predicted molar refractivity (Wildman–Crippen MR) is 27.2 cm³/mol. The van der Waals surface area contributed by atoms with Crippen LogP contribution in [0.3, 0.4) is 0 Å². The van der Waals surface area contributed by atoms with Crippen molar-refractivity contribution >= 4 is 5.97 Å². The van der Waals surface area contributed by atoms with Crippen molar-refractivity contribution in [2.45, 2.75) is 6.18 Å². The fourth-order valence-electron chi connectivity index (χ4n) is 0.183. The summed E-state index contributed by atoms with van der Waals surface area (Å²) in [4.78, 5) is 10.4. The SMILES string of the molecule is [2H]C([2H])=C([2H])C(=O)OCC(F)(F)F. The van der Waals surface area contributed by atoms with Gasteiger partial charge in [-0.15, -0.1) is 0 Å². The van der Waals surface area contributed by atoms with Crippen LogP contribution in [0.15, 0.2) is 12.6 Å². The lowest BCUT2D eigenvalue weighted by Gasteiger charge is -2.04. The van der Waals surface area contributed by atoms with Crippen molar-refractivity contribution in [3.05, 3.63) is 12.6 Å². The van der Waals surface area contributed by atoms with Crippen molar-refractivity contribution in [3.8, 4) is 0 Å². The summed E-state index contributed by atoms with van der Waals surface area (Å²) < 4.78 is 57.3. The van der Waals surface area contributed by atoms with Crippen LogP contribution in [-0.2, 0) is 9.53 Å². The van der Waals surface area contributed by atoms with Crippen molar-refractivity contribution in [1.82, 2.24) is 0 Å². The molecular formula is C5H5F3O2. The molecule has 0 radical (unpaired) electrons. The molecule has 0 atom stereocenters. The first kappa shape index (κ1) is 4.76. The lowest BCUT2D eigenvalue weighted by atomic mass is 10.6. The number of ether oxygens (including phenoxy) is 1. The summed E-state index contributed by atoms with van der Waals surface area (Å²) in [6.45, 7) is -3.01. The number of esters is 1. The molecule has 5 heteroatoms. The summed E-state index contributed by atoms with van der Waals surface area (Å²) >= 11 is 0. The topological polar surface area (TPSA) is 26.3 Å². The zero-order chi connectivity index (χ0) is 10.6. The summed E-state index contributed by atoms with van der Waals surface area (Å²) in [6.07, 6.45) is -4.67. The van der Waals surface area contributed by atoms with Gasteiger partial charge in [0.2, 0.25) is 0 Å². The van der Waals surface area contributed by atoms with E-state index in [9.17, 15) is 18.0 Å². The van der Waals surface area contributed by atoms with E-state index >= 15 is 0 Å². The largest absolute Gasteiger partial charge is 0.453 e. The maximum atomic E-state index is 11.4. The molecule has 0 aromatic heterocycles. The molecule has 2 nitrogen and oxygen atoms in total. The Morgan fingerprint density at radius 1 is 1.90 bits per heavy atom. The first-order valence-corrected chi connectivity index (χ1v) is 2.12. The van der Waals surface area contributed by atoms with Crippen LogP contribution in [0.5, 0.6) is 0 Å². The number of halogens is 3. The van der Waals surface area contributed by atoms with Gasteiger partial charge in [0.15, 0.2) is 6.61 Å². The number of carbonyl (C=O) groups is 1. The number of hydrogen-bond acceptors (Lipinski definition) is 2. The van der Waals surface area contributed by atoms with Gasteiger partial charge in [-0.3, -0.25) is 0 Å². The van der Waals surface area contributed by atoms with Gasteiger partial charge in [-0.1, -0.05) is 6.53 Å². The third-order valence-corrected chi connectivity index (χ3v) is 0.469. The molecule has 0 heterocycles.